The molecule has 6 aromatic rings. The van der Waals surface area contributed by atoms with E-state index < -0.39 is 5.54 Å². The lowest BCUT2D eigenvalue weighted by Gasteiger charge is -2.16. The van der Waals surface area contributed by atoms with Crippen molar-refractivity contribution in [1.29, 1.82) is 0 Å². The Labute approximate surface area is 251 Å². The van der Waals surface area contributed by atoms with Gasteiger partial charge in [-0.15, -0.1) is 0 Å². The highest BCUT2D eigenvalue weighted by Crippen LogP contribution is 2.44. The Kier molecular flexibility index (Phi) is 6.54. The van der Waals surface area contributed by atoms with Gasteiger partial charge in [-0.05, 0) is 97.1 Å². The fraction of sp³-hybridized carbons (Fsp3) is 0.147. The number of nitrogens with one attached hydrogen (secondary N) is 3. The van der Waals surface area contributed by atoms with Gasteiger partial charge in [0.2, 0.25) is 0 Å². The highest BCUT2D eigenvalue weighted by molar-refractivity contribution is 6.12. The van der Waals surface area contributed by atoms with Crippen LogP contribution in [0.4, 0.5) is 4.39 Å². The van der Waals surface area contributed by atoms with Gasteiger partial charge in [0.05, 0.1) is 11.1 Å². The van der Waals surface area contributed by atoms with Gasteiger partial charge in [0, 0.05) is 41.5 Å². The van der Waals surface area contributed by atoms with E-state index in [-0.39, 0.29) is 17.6 Å². The summed E-state index contributed by atoms with van der Waals surface area (Å²) in [5, 5.41) is 13.8. The Morgan fingerprint density at radius 1 is 0.955 bits per heavy atom. The smallest absolute Gasteiger partial charge is 0.255 e. The summed E-state index contributed by atoms with van der Waals surface area (Å²) >= 11 is 0. The van der Waals surface area contributed by atoms with E-state index >= 15 is 0 Å². The lowest BCUT2D eigenvalue weighted by atomic mass is 9.95. The average molecular weight is 587 g/mol. The molecule has 0 bridgehead atoms. The third-order valence-electron chi connectivity index (χ3n) is 8.02. The summed E-state index contributed by atoms with van der Waals surface area (Å²) in [6.07, 6.45) is 4.87. The zero-order valence-corrected chi connectivity index (χ0v) is 23.9. The summed E-state index contributed by atoms with van der Waals surface area (Å²) in [7, 11) is 1.55. The molecule has 1 saturated carbocycles. The van der Waals surface area contributed by atoms with E-state index in [9.17, 15) is 14.0 Å². The van der Waals surface area contributed by atoms with E-state index in [1.54, 1.807) is 43.7 Å². The maximum absolute atomic E-state index is 13.6. The first-order valence-corrected chi connectivity index (χ1v) is 14.2. The molecule has 0 spiro atoms. The number of amides is 2. The van der Waals surface area contributed by atoms with Crippen molar-refractivity contribution in [2.24, 2.45) is 0 Å². The molecule has 0 aliphatic heterocycles. The van der Waals surface area contributed by atoms with Crippen LogP contribution in [-0.4, -0.2) is 39.0 Å². The summed E-state index contributed by atoms with van der Waals surface area (Å²) in [5.41, 5.74) is 4.77. The van der Waals surface area contributed by atoms with Crippen LogP contribution in [0.1, 0.15) is 44.9 Å². The van der Waals surface area contributed by atoms with Crippen LogP contribution in [0.2, 0.25) is 0 Å². The van der Waals surface area contributed by atoms with E-state index in [1.165, 1.54) is 12.1 Å². The van der Waals surface area contributed by atoms with Crippen molar-refractivity contribution in [3.8, 4) is 33.8 Å². The molecule has 3 heterocycles. The van der Waals surface area contributed by atoms with Crippen molar-refractivity contribution in [3.63, 3.8) is 0 Å². The molecule has 3 aromatic heterocycles. The van der Waals surface area contributed by atoms with Crippen molar-refractivity contribution in [3.05, 3.63) is 114 Å². The van der Waals surface area contributed by atoms with E-state index in [1.807, 2.05) is 43.3 Å². The summed E-state index contributed by atoms with van der Waals surface area (Å²) in [4.78, 5) is 35.4. The number of benzene rings is 3. The number of carbonyl (C=O) groups is 2. The van der Waals surface area contributed by atoms with Crippen LogP contribution in [0.25, 0.3) is 44.8 Å². The zero-order chi connectivity index (χ0) is 30.4. The molecule has 9 nitrogen and oxygen atoms in total. The van der Waals surface area contributed by atoms with Crippen molar-refractivity contribution < 1.29 is 18.4 Å². The van der Waals surface area contributed by atoms with E-state index in [4.69, 9.17) is 4.42 Å². The average Bonchev–Trinajstić information content (AvgIpc) is 3.47. The summed E-state index contributed by atoms with van der Waals surface area (Å²) in [6, 6.07) is 20.7. The fourth-order valence-corrected chi connectivity index (χ4v) is 5.43. The Balaban J connectivity index is 1.21. The Morgan fingerprint density at radius 3 is 2.48 bits per heavy atom. The minimum atomic E-state index is -0.607. The number of nitrogens with zero attached hydrogens (tertiary/aromatic N) is 3. The van der Waals surface area contributed by atoms with Gasteiger partial charge in [-0.25, -0.2) is 9.37 Å². The number of aromatic nitrogens is 4. The van der Waals surface area contributed by atoms with Crippen molar-refractivity contribution in [2.75, 3.05) is 7.05 Å². The number of aromatic amines is 1. The maximum Gasteiger partial charge on any atom is 0.255 e. The number of carbonyl (C=O) groups excluding carboxylic acids is 2. The number of fused-ring (bicyclic) bond motifs is 1. The molecule has 2 amide bonds. The van der Waals surface area contributed by atoms with Crippen LogP contribution in [0.5, 0.6) is 0 Å². The van der Waals surface area contributed by atoms with Gasteiger partial charge < -0.3 is 15.1 Å². The van der Waals surface area contributed by atoms with Crippen LogP contribution in [-0.2, 0) is 5.54 Å². The Morgan fingerprint density at radius 2 is 1.75 bits per heavy atom. The second kappa shape index (κ2) is 10.6. The largest absolute Gasteiger partial charge is 0.455 e. The minimum Gasteiger partial charge on any atom is -0.455 e. The molecule has 10 heteroatoms. The third kappa shape index (κ3) is 4.80. The first-order chi connectivity index (χ1) is 21.3. The second-order valence-corrected chi connectivity index (χ2v) is 10.9. The third-order valence-corrected chi connectivity index (χ3v) is 8.02. The second-order valence-electron chi connectivity index (χ2n) is 10.9. The van der Waals surface area contributed by atoms with Crippen molar-refractivity contribution in [2.45, 2.75) is 25.3 Å². The zero-order valence-electron chi connectivity index (χ0n) is 23.9. The molecule has 0 atom stereocenters. The summed E-state index contributed by atoms with van der Waals surface area (Å²) < 4.78 is 19.7. The Bertz CT molecular complexity index is 2050. The van der Waals surface area contributed by atoms with Gasteiger partial charge in [0.15, 0.2) is 11.6 Å². The lowest BCUT2D eigenvalue weighted by molar-refractivity contribution is 0.0927. The fourth-order valence-electron chi connectivity index (χ4n) is 5.43. The first-order valence-electron chi connectivity index (χ1n) is 14.2. The van der Waals surface area contributed by atoms with Crippen LogP contribution in [0.3, 0.4) is 0 Å². The van der Waals surface area contributed by atoms with Gasteiger partial charge >= 0.3 is 0 Å². The molecule has 0 unspecified atom stereocenters. The van der Waals surface area contributed by atoms with Gasteiger partial charge in [-0.1, -0.05) is 12.1 Å². The van der Waals surface area contributed by atoms with E-state index in [0.29, 0.717) is 45.1 Å². The van der Waals surface area contributed by atoms with E-state index in [0.717, 1.165) is 35.1 Å². The van der Waals surface area contributed by atoms with Gasteiger partial charge in [-0.2, -0.15) is 5.10 Å². The number of halogens is 1. The molecule has 1 aliphatic carbocycles. The molecule has 1 fully saturated rings. The molecule has 0 saturated heterocycles. The molecule has 3 N–H and O–H groups in total. The van der Waals surface area contributed by atoms with Gasteiger partial charge in [-0.3, -0.25) is 19.7 Å². The van der Waals surface area contributed by atoms with Gasteiger partial charge in [0.1, 0.15) is 17.2 Å². The standard InChI is InChI=1S/C34H27FN6O3/c1-19-5-6-22(31(42)39-34(13-14-34)33-38-30(40-41-33)23-4-3-15-37-18-23)17-25(19)21-9-12-27-26(16-21)28(32(43)36-2)29(44-27)20-7-10-24(35)11-8-20/h3-12,15-18H,13-14H2,1-2H3,(H,36,43)(H,39,42)(H,38,40,41). The minimum absolute atomic E-state index is 0.225. The molecule has 218 valence electrons. The number of aryl methyl sites for hydroxylation is 1. The van der Waals surface area contributed by atoms with Crippen LogP contribution in [0.15, 0.2) is 89.6 Å². The highest BCUT2D eigenvalue weighted by atomic mass is 19.1. The van der Waals surface area contributed by atoms with Crippen molar-refractivity contribution in [1.82, 2.24) is 30.8 Å². The van der Waals surface area contributed by atoms with Gasteiger partial charge in [0.25, 0.3) is 11.8 Å². The molecule has 1 aliphatic rings. The van der Waals surface area contributed by atoms with Crippen LogP contribution >= 0.6 is 0 Å². The molecule has 3 aromatic carbocycles. The molecule has 44 heavy (non-hydrogen) atoms. The molecule has 0 radical (unpaired) electrons. The molecule has 7 rings (SSSR count). The lowest BCUT2D eigenvalue weighted by Crippen LogP contribution is -2.35. The van der Waals surface area contributed by atoms with Crippen molar-refractivity contribution >= 4 is 22.8 Å². The number of H-pyrrole nitrogens is 1. The summed E-state index contributed by atoms with van der Waals surface area (Å²) in [6.45, 7) is 1.97. The number of rotatable bonds is 7. The number of hydrogen-bond donors (Lipinski definition) is 3. The summed E-state index contributed by atoms with van der Waals surface area (Å²) in [5.74, 6) is 0.572. The monoisotopic (exact) mass is 586 g/mol. The highest BCUT2D eigenvalue weighted by Gasteiger charge is 2.49. The van der Waals surface area contributed by atoms with Crippen LogP contribution in [0, 0.1) is 12.7 Å². The normalized spacial score (nSPS) is 13.5. The van der Waals surface area contributed by atoms with E-state index in [2.05, 4.69) is 30.8 Å². The predicted molar refractivity (Wildman–Crippen MR) is 163 cm³/mol. The number of pyridine rings is 1. The molecular weight excluding hydrogens is 559 g/mol. The Hall–Kier alpha value is -5.64. The van der Waals surface area contributed by atoms with Crippen LogP contribution < -0.4 is 10.6 Å². The molecular formula is C34H27FN6O3. The first kappa shape index (κ1) is 27.2. The quantitative estimate of drug-likeness (QED) is 0.205. The SMILES string of the molecule is CNC(=O)c1c(-c2ccc(F)cc2)oc2ccc(-c3cc(C(=O)NC4(c5nc(-c6cccnc6)n[nH]5)CC4)ccc3C)cc12. The predicted octanol–water partition coefficient (Wildman–Crippen LogP) is 6.17. The number of hydrogen-bond acceptors (Lipinski definition) is 6. The topological polar surface area (TPSA) is 126 Å². The number of furan rings is 1. The maximum atomic E-state index is 13.6.